The molecular formula is C62H40O6Ru2+2. The Balaban J connectivity index is 0.000000317. The van der Waals surface area contributed by atoms with Crippen LogP contribution in [0, 0.1) is 86.2 Å². The van der Waals surface area contributed by atoms with Crippen LogP contribution in [-0.4, -0.2) is 0 Å². The Morgan fingerprint density at radius 3 is 0.400 bits per heavy atom. The maximum atomic E-state index is 14.0. The van der Waals surface area contributed by atoms with Gasteiger partial charge in [0, 0.05) is 47.3 Å². The molecule has 2 fully saturated rings. The molecule has 8 heteroatoms. The van der Waals surface area contributed by atoms with Crippen molar-refractivity contribution in [3.63, 3.8) is 0 Å². The van der Waals surface area contributed by atoms with Crippen molar-refractivity contribution in [3.05, 3.63) is 373 Å². The minimum atomic E-state index is 0. The summed E-state index contributed by atoms with van der Waals surface area (Å²) in [5.74, 6) is 7.04. The number of hydrogen-bond acceptors (Lipinski definition) is 2. The zero-order valence-corrected chi connectivity index (χ0v) is 40.7. The van der Waals surface area contributed by atoms with Crippen molar-refractivity contribution in [2.45, 2.75) is 0 Å². The normalized spacial score (nSPS) is 14.5. The Morgan fingerprint density at radius 1 is 0.186 bits per heavy atom. The molecule has 70 heavy (non-hydrogen) atoms. The quantitative estimate of drug-likeness (QED) is 0.0854. The van der Waals surface area contributed by atoms with E-state index in [4.69, 9.17) is 18.6 Å². The molecule has 0 N–H and O–H groups in total. The maximum Gasteiger partial charge on any atom is 2.00 e. The molecule has 8 aromatic rings. The van der Waals surface area contributed by atoms with Crippen molar-refractivity contribution in [1.29, 1.82) is 0 Å². The monoisotopic (exact) mass is 1080 g/mol. The van der Waals surface area contributed by atoms with Gasteiger partial charge in [0.2, 0.25) is 0 Å². The summed E-state index contributed by atoms with van der Waals surface area (Å²) >= 11 is 0. The summed E-state index contributed by atoms with van der Waals surface area (Å²) < 4.78 is 30.0. The first-order valence-electron chi connectivity index (χ1n) is 21.0. The van der Waals surface area contributed by atoms with Crippen molar-refractivity contribution in [3.8, 4) is 0 Å². The molecule has 10 rings (SSSR count). The van der Waals surface area contributed by atoms with Crippen LogP contribution in [0.1, 0.15) is 44.5 Å². The molecule has 2 aliphatic carbocycles. The van der Waals surface area contributed by atoms with Crippen LogP contribution >= 0.6 is 0 Å². The third-order valence-electron chi connectivity index (χ3n) is 10.9. The Kier molecular flexibility index (Phi) is 25.9. The van der Waals surface area contributed by atoms with Crippen LogP contribution in [0.2, 0.25) is 0 Å². The summed E-state index contributed by atoms with van der Waals surface area (Å²) in [4.78, 5) is 0. The van der Waals surface area contributed by atoms with E-state index < -0.39 is 0 Å². The Hall–Kier alpha value is -6.11. The van der Waals surface area contributed by atoms with Crippen LogP contribution in [0.3, 0.4) is 0 Å². The van der Waals surface area contributed by atoms with Crippen molar-refractivity contribution >= 4 is 0 Å². The minimum Gasteiger partial charge on any atom is -0.849 e. The van der Waals surface area contributed by atoms with E-state index in [0.29, 0.717) is 0 Å². The van der Waals surface area contributed by atoms with E-state index in [2.05, 4.69) is 75.1 Å². The number of hydrogen-bond donors (Lipinski definition) is 0. The molecule has 0 aliphatic heterocycles. The summed E-state index contributed by atoms with van der Waals surface area (Å²) in [6.45, 7) is 18.0. The van der Waals surface area contributed by atoms with Crippen LogP contribution in [0.25, 0.3) is 0 Å². The molecule has 0 heterocycles. The smallest absolute Gasteiger partial charge is 0.849 e. The Labute approximate surface area is 438 Å². The topological polar surface area (TPSA) is 126 Å². The van der Waals surface area contributed by atoms with Gasteiger partial charge >= 0.3 is 84.2 Å². The van der Waals surface area contributed by atoms with E-state index in [1.54, 1.807) is 0 Å². The maximum absolute atomic E-state index is 14.0. The zero-order chi connectivity index (χ0) is 48.7. The van der Waals surface area contributed by atoms with E-state index in [9.17, 15) is 10.2 Å². The van der Waals surface area contributed by atoms with Gasteiger partial charge in [-0.3, -0.25) is 0 Å². The van der Waals surface area contributed by atoms with E-state index in [1.165, 1.54) is 0 Å². The second kappa shape index (κ2) is 31.2. The van der Waals surface area contributed by atoms with Gasteiger partial charge < -0.3 is 10.2 Å². The van der Waals surface area contributed by atoms with Crippen LogP contribution in [0.4, 0.5) is 0 Å². The fourth-order valence-corrected chi connectivity index (χ4v) is 8.30. The van der Waals surface area contributed by atoms with E-state index in [0.717, 1.165) is 91.9 Å². The van der Waals surface area contributed by atoms with Crippen molar-refractivity contribution in [2.75, 3.05) is 0 Å². The zero-order valence-electron chi connectivity index (χ0n) is 37.3. The Morgan fingerprint density at radius 2 is 0.286 bits per heavy atom. The second-order valence-electron chi connectivity index (χ2n) is 14.6. The minimum absolute atomic E-state index is 0. The molecule has 6 nitrogen and oxygen atoms in total. The largest absolute Gasteiger partial charge is 2.00 e. The second-order valence-corrected chi connectivity index (χ2v) is 14.6. The molecule has 10 radical (unpaired) electrons. The Bertz CT molecular complexity index is 2330. The van der Waals surface area contributed by atoms with Gasteiger partial charge in [0.05, 0.1) is 0 Å². The molecule has 0 aromatic heterocycles. The predicted molar refractivity (Wildman–Crippen MR) is 252 cm³/mol. The van der Waals surface area contributed by atoms with Gasteiger partial charge in [-0.2, -0.15) is 0 Å². The SMILES string of the molecule is [C-]#[O+].[C-]#[O+].[C-]#[O+].[C-]#[O+].[O-][C]1[C](c2ccccc2)[C](c2ccccc2)[C](c2ccccc2)[C]1c1ccccc1.[O-][C]1[C](c2ccccc2)[C](c2ccccc2)[C](c2ccccc2)[C]1c1ccccc1.[Ru+2].[Ru+2]. The summed E-state index contributed by atoms with van der Waals surface area (Å²) in [6, 6.07) is 80.9. The van der Waals surface area contributed by atoms with Crippen LogP contribution in [0.15, 0.2) is 243 Å². The third-order valence-corrected chi connectivity index (χ3v) is 10.9. The molecule has 2 saturated carbocycles. The van der Waals surface area contributed by atoms with Gasteiger partial charge in [-0.05, 0) is 44.5 Å². The summed E-state index contributed by atoms with van der Waals surface area (Å²) in [6.07, 6.45) is 0.148. The van der Waals surface area contributed by atoms with Gasteiger partial charge in [0.1, 0.15) is 0 Å². The fourth-order valence-electron chi connectivity index (χ4n) is 8.30. The van der Waals surface area contributed by atoms with Crippen molar-refractivity contribution < 1.29 is 67.8 Å². The summed E-state index contributed by atoms with van der Waals surface area (Å²) in [5.41, 5.74) is 7.98. The molecule has 0 saturated heterocycles. The molecule has 0 unspecified atom stereocenters. The van der Waals surface area contributed by atoms with Crippen LogP contribution in [0.5, 0.6) is 0 Å². The molecule has 0 bridgehead atoms. The summed E-state index contributed by atoms with van der Waals surface area (Å²) in [7, 11) is 0. The van der Waals surface area contributed by atoms with Crippen molar-refractivity contribution in [1.82, 2.24) is 0 Å². The first kappa shape index (κ1) is 58.2. The number of rotatable bonds is 8. The molecule has 0 spiro atoms. The van der Waals surface area contributed by atoms with Gasteiger partial charge in [0.25, 0.3) is 0 Å². The van der Waals surface area contributed by atoms with Gasteiger partial charge in [-0.1, -0.05) is 255 Å². The third kappa shape index (κ3) is 13.6. The van der Waals surface area contributed by atoms with E-state index in [-0.39, 0.29) is 51.2 Å². The van der Waals surface area contributed by atoms with E-state index in [1.807, 2.05) is 194 Å². The molecule has 0 atom stereocenters. The van der Waals surface area contributed by atoms with Crippen molar-refractivity contribution in [2.24, 2.45) is 0 Å². The molecular weight excluding hydrogens is 1040 g/mol. The molecule has 338 valence electrons. The molecule has 2 aliphatic rings. The van der Waals surface area contributed by atoms with Crippen LogP contribution < -0.4 is 10.2 Å². The van der Waals surface area contributed by atoms with Gasteiger partial charge in [0.15, 0.2) is 0 Å². The molecule has 0 amide bonds. The molecule has 8 aromatic carbocycles. The van der Waals surface area contributed by atoms with Crippen LogP contribution in [-0.2, 0) is 57.6 Å². The first-order valence-corrected chi connectivity index (χ1v) is 21.0. The van der Waals surface area contributed by atoms with E-state index >= 15 is 0 Å². The van der Waals surface area contributed by atoms with Gasteiger partial charge in [-0.25, -0.2) is 0 Å². The predicted octanol–water partition coefficient (Wildman–Crippen LogP) is 10.6. The number of benzene rings is 8. The average molecular weight is 1080 g/mol. The summed E-state index contributed by atoms with van der Waals surface area (Å²) in [5, 5.41) is 27.9. The standard InChI is InChI=1S/2C29H20O.4CO.2Ru/c2*30-29-27(23-17-9-3-10-18-23)25(21-13-5-1-6-14-21)26(22-15-7-2-8-16-22)28(29)24-19-11-4-12-20-24;4*1-2;;/h2*1-20H;;;;;;/q2*-1;;;;;2*+2. The van der Waals surface area contributed by atoms with Gasteiger partial charge in [-0.15, -0.1) is 0 Å². The first-order chi connectivity index (χ1) is 33.7. The fraction of sp³-hybridized carbons (Fsp3) is 0. The average Bonchev–Trinajstić information content (AvgIpc) is 3.93.